The van der Waals surface area contributed by atoms with E-state index in [0.717, 1.165) is 35.4 Å². The zero-order valence-electron chi connectivity index (χ0n) is 11.1. The number of rotatable bonds is 8. The molecule has 0 spiro atoms. The summed E-state index contributed by atoms with van der Waals surface area (Å²) < 4.78 is 5.34. The van der Waals surface area contributed by atoms with Crippen molar-refractivity contribution in [2.24, 2.45) is 5.73 Å². The molecule has 0 radical (unpaired) electrons. The van der Waals surface area contributed by atoms with Crippen LogP contribution in [0.1, 0.15) is 22.6 Å². The summed E-state index contributed by atoms with van der Waals surface area (Å²) in [4.78, 5) is 19.2. The Bertz CT molecular complexity index is 557. The lowest BCUT2D eigenvalue weighted by Crippen LogP contribution is -2.09. The van der Waals surface area contributed by atoms with Gasteiger partial charge in [0.1, 0.15) is 10.7 Å². The predicted octanol–water partition coefficient (Wildman–Crippen LogP) is 1.93. The minimum Gasteiger partial charge on any atom is -0.380 e. The number of carbonyl (C=O) groups excluding carboxylic acids is 1. The van der Waals surface area contributed by atoms with Gasteiger partial charge in [0, 0.05) is 36.0 Å². The fourth-order valence-corrected chi connectivity index (χ4v) is 2.52. The van der Waals surface area contributed by atoms with Gasteiger partial charge in [0.05, 0.1) is 6.61 Å². The average molecular weight is 291 g/mol. The van der Waals surface area contributed by atoms with Crippen LogP contribution in [0.25, 0.3) is 10.6 Å². The van der Waals surface area contributed by atoms with Gasteiger partial charge in [-0.15, -0.1) is 11.3 Å². The van der Waals surface area contributed by atoms with Gasteiger partial charge < -0.3 is 10.5 Å². The Hall–Kier alpha value is -1.63. The third kappa shape index (κ3) is 4.19. The lowest BCUT2D eigenvalue weighted by atomic mass is 10.1. The second kappa shape index (κ2) is 7.84. The van der Waals surface area contributed by atoms with Gasteiger partial charge in [0.25, 0.3) is 0 Å². The van der Waals surface area contributed by atoms with Crippen LogP contribution in [-0.4, -0.2) is 36.0 Å². The minimum absolute atomic E-state index is 0.471. The standard InChI is InChI=1S/C14H17N3O2S/c15-4-7-19-6-1-2-12-8-11(3-5-16-12)14-17-13(9-18)10-20-14/h3,5,8-10H,1-2,4,6-7,15H2. The summed E-state index contributed by atoms with van der Waals surface area (Å²) in [7, 11) is 0. The summed E-state index contributed by atoms with van der Waals surface area (Å²) >= 11 is 1.46. The monoisotopic (exact) mass is 291 g/mol. The molecule has 2 aromatic heterocycles. The van der Waals surface area contributed by atoms with Crippen molar-refractivity contribution in [2.75, 3.05) is 19.8 Å². The molecule has 2 N–H and O–H groups in total. The molecule has 0 atom stereocenters. The van der Waals surface area contributed by atoms with Crippen molar-refractivity contribution in [1.29, 1.82) is 0 Å². The van der Waals surface area contributed by atoms with Crippen LogP contribution < -0.4 is 5.73 Å². The molecule has 0 amide bonds. The number of ether oxygens (including phenoxy) is 1. The smallest absolute Gasteiger partial charge is 0.169 e. The molecular formula is C14H17N3O2S. The first-order chi connectivity index (χ1) is 9.83. The van der Waals surface area contributed by atoms with Gasteiger partial charge >= 0.3 is 0 Å². The molecule has 0 unspecified atom stereocenters. The summed E-state index contributed by atoms with van der Waals surface area (Å²) in [5, 5.41) is 2.60. The van der Waals surface area contributed by atoms with Crippen molar-refractivity contribution >= 4 is 17.6 Å². The summed E-state index contributed by atoms with van der Waals surface area (Å²) in [5.41, 5.74) is 7.82. The summed E-state index contributed by atoms with van der Waals surface area (Å²) in [6.45, 7) is 1.84. The third-order valence-electron chi connectivity index (χ3n) is 2.69. The average Bonchev–Trinajstić information content (AvgIpc) is 2.96. The fourth-order valence-electron chi connectivity index (χ4n) is 1.76. The van der Waals surface area contributed by atoms with E-state index in [1.165, 1.54) is 11.3 Å². The molecule has 0 saturated carbocycles. The number of aldehydes is 1. The highest BCUT2D eigenvalue weighted by atomic mass is 32.1. The molecule has 0 bridgehead atoms. The molecule has 0 aliphatic rings. The summed E-state index contributed by atoms with van der Waals surface area (Å²) in [6.07, 6.45) is 4.29. The normalized spacial score (nSPS) is 10.7. The van der Waals surface area contributed by atoms with Gasteiger partial charge in [-0.1, -0.05) is 0 Å². The number of aromatic nitrogens is 2. The highest BCUT2D eigenvalue weighted by molar-refractivity contribution is 7.13. The second-order valence-corrected chi connectivity index (χ2v) is 5.09. The maximum Gasteiger partial charge on any atom is 0.169 e. The molecule has 2 rings (SSSR count). The fraction of sp³-hybridized carbons (Fsp3) is 0.357. The van der Waals surface area contributed by atoms with Crippen LogP contribution >= 0.6 is 11.3 Å². The Morgan fingerprint density at radius 2 is 2.30 bits per heavy atom. The van der Waals surface area contributed by atoms with E-state index >= 15 is 0 Å². The Balaban J connectivity index is 1.95. The first-order valence-electron chi connectivity index (χ1n) is 6.47. The molecule has 2 heterocycles. The Morgan fingerprint density at radius 3 is 3.05 bits per heavy atom. The number of nitrogens with zero attached hydrogens (tertiary/aromatic N) is 2. The van der Waals surface area contributed by atoms with Crippen molar-refractivity contribution in [3.63, 3.8) is 0 Å². The van der Waals surface area contributed by atoms with E-state index in [2.05, 4.69) is 9.97 Å². The highest BCUT2D eigenvalue weighted by Crippen LogP contribution is 2.23. The molecule has 5 nitrogen and oxygen atoms in total. The maximum absolute atomic E-state index is 10.7. The van der Waals surface area contributed by atoms with Crippen molar-refractivity contribution in [3.8, 4) is 10.6 Å². The molecule has 106 valence electrons. The van der Waals surface area contributed by atoms with E-state index in [1.807, 2.05) is 12.1 Å². The Labute approximate surface area is 121 Å². The molecule has 0 aliphatic heterocycles. The maximum atomic E-state index is 10.7. The van der Waals surface area contributed by atoms with Crippen LogP contribution in [0.15, 0.2) is 23.7 Å². The molecule has 6 heteroatoms. The van der Waals surface area contributed by atoms with Gasteiger partial charge in [-0.2, -0.15) is 0 Å². The Morgan fingerprint density at radius 1 is 1.40 bits per heavy atom. The van der Waals surface area contributed by atoms with Crippen LogP contribution in [0, 0.1) is 0 Å². The zero-order valence-corrected chi connectivity index (χ0v) is 11.9. The highest BCUT2D eigenvalue weighted by Gasteiger charge is 2.05. The largest absolute Gasteiger partial charge is 0.380 e. The molecule has 2 aromatic rings. The molecular weight excluding hydrogens is 274 g/mol. The number of aryl methyl sites for hydroxylation is 1. The van der Waals surface area contributed by atoms with Crippen molar-refractivity contribution in [3.05, 3.63) is 35.1 Å². The number of carbonyl (C=O) groups is 1. The number of pyridine rings is 1. The van der Waals surface area contributed by atoms with E-state index < -0.39 is 0 Å². The predicted molar refractivity (Wildman–Crippen MR) is 78.9 cm³/mol. The number of thiazole rings is 1. The number of hydrogen-bond donors (Lipinski definition) is 1. The number of nitrogens with two attached hydrogens (primary N) is 1. The van der Waals surface area contributed by atoms with Gasteiger partial charge in [0.15, 0.2) is 6.29 Å². The van der Waals surface area contributed by atoms with E-state index in [4.69, 9.17) is 10.5 Å². The summed E-state index contributed by atoms with van der Waals surface area (Å²) in [5.74, 6) is 0. The third-order valence-corrected chi connectivity index (χ3v) is 3.60. The summed E-state index contributed by atoms with van der Waals surface area (Å²) in [6, 6.07) is 3.91. The second-order valence-electron chi connectivity index (χ2n) is 4.24. The quantitative estimate of drug-likeness (QED) is 0.594. The van der Waals surface area contributed by atoms with Gasteiger partial charge in [-0.3, -0.25) is 9.78 Å². The zero-order chi connectivity index (χ0) is 14.2. The van der Waals surface area contributed by atoms with Gasteiger partial charge in [-0.05, 0) is 25.0 Å². The molecule has 20 heavy (non-hydrogen) atoms. The van der Waals surface area contributed by atoms with E-state index in [9.17, 15) is 4.79 Å². The molecule has 0 aliphatic carbocycles. The number of hydrogen-bond acceptors (Lipinski definition) is 6. The van der Waals surface area contributed by atoms with Crippen LogP contribution in [0.2, 0.25) is 0 Å². The van der Waals surface area contributed by atoms with E-state index in [1.54, 1.807) is 11.6 Å². The first kappa shape index (κ1) is 14.8. The van der Waals surface area contributed by atoms with Gasteiger partial charge in [0.2, 0.25) is 0 Å². The van der Waals surface area contributed by atoms with Crippen molar-refractivity contribution in [1.82, 2.24) is 9.97 Å². The Kier molecular flexibility index (Phi) is 5.79. The molecule has 0 saturated heterocycles. The van der Waals surface area contributed by atoms with Crippen LogP contribution in [-0.2, 0) is 11.2 Å². The lowest BCUT2D eigenvalue weighted by Gasteiger charge is -2.04. The van der Waals surface area contributed by atoms with E-state index in [0.29, 0.717) is 25.5 Å². The minimum atomic E-state index is 0.471. The van der Waals surface area contributed by atoms with Crippen molar-refractivity contribution < 1.29 is 9.53 Å². The van der Waals surface area contributed by atoms with Gasteiger partial charge in [-0.25, -0.2) is 4.98 Å². The van der Waals surface area contributed by atoms with Crippen LogP contribution in [0.3, 0.4) is 0 Å². The topological polar surface area (TPSA) is 78.1 Å². The SMILES string of the molecule is NCCOCCCc1cc(-c2nc(C=O)cs2)ccn1. The molecule has 0 fully saturated rings. The van der Waals surface area contributed by atoms with Crippen LogP contribution in [0.4, 0.5) is 0 Å². The van der Waals surface area contributed by atoms with Crippen LogP contribution in [0.5, 0.6) is 0 Å². The van der Waals surface area contributed by atoms with Crippen molar-refractivity contribution in [2.45, 2.75) is 12.8 Å². The molecule has 0 aromatic carbocycles. The lowest BCUT2D eigenvalue weighted by molar-refractivity contribution is 0.111. The first-order valence-corrected chi connectivity index (χ1v) is 7.35. The van der Waals surface area contributed by atoms with E-state index in [-0.39, 0.29) is 0 Å².